The third kappa shape index (κ3) is 5.45. The fourth-order valence-electron chi connectivity index (χ4n) is 2.16. The van der Waals surface area contributed by atoms with Gasteiger partial charge in [-0.1, -0.05) is 12.1 Å². The van der Waals surface area contributed by atoms with E-state index in [1.165, 1.54) is 18.3 Å². The predicted octanol–water partition coefficient (Wildman–Crippen LogP) is 5.48. The molecule has 0 fully saturated rings. The minimum atomic E-state index is -4.44. The number of benzene rings is 1. The Kier molecular flexibility index (Phi) is 5.95. The van der Waals surface area contributed by atoms with E-state index in [0.717, 1.165) is 12.1 Å². The lowest BCUT2D eigenvalue weighted by atomic mass is 10.0. The van der Waals surface area contributed by atoms with Gasteiger partial charge in [0.25, 0.3) is 0 Å². The summed E-state index contributed by atoms with van der Waals surface area (Å²) in [4.78, 5) is 16.4. The summed E-state index contributed by atoms with van der Waals surface area (Å²) in [5.41, 5.74) is -0.541. The maximum atomic E-state index is 12.8. The number of nitrogens with zero attached hydrogens (tertiary/aromatic N) is 1. The van der Waals surface area contributed by atoms with Crippen molar-refractivity contribution >= 4 is 22.0 Å². The first kappa shape index (κ1) is 20.2. The third-order valence-electron chi connectivity index (χ3n) is 3.28. The zero-order chi connectivity index (χ0) is 19.5. The standard InChI is InChI=1S/C18H18BrF3N2O2/c1-17(2,3)24-16(25)26-15(14-13(19)5-4-10-23-14)11-6-8-12(9-7-11)18(20,21)22/h4-10,15H,1-3H3,(H,24,25)/t15-/m0/s1. The van der Waals surface area contributed by atoms with Gasteiger partial charge in [-0.3, -0.25) is 4.98 Å². The molecule has 4 nitrogen and oxygen atoms in total. The molecule has 0 radical (unpaired) electrons. The second-order valence-electron chi connectivity index (χ2n) is 6.65. The van der Waals surface area contributed by atoms with E-state index in [-0.39, 0.29) is 0 Å². The molecule has 0 spiro atoms. The van der Waals surface area contributed by atoms with Crippen LogP contribution in [0.15, 0.2) is 47.1 Å². The molecular weight excluding hydrogens is 413 g/mol. The number of rotatable bonds is 3. The van der Waals surface area contributed by atoms with Crippen molar-refractivity contribution in [3.05, 3.63) is 63.9 Å². The van der Waals surface area contributed by atoms with Gasteiger partial charge in [0, 0.05) is 16.2 Å². The van der Waals surface area contributed by atoms with Crippen molar-refractivity contribution in [3.8, 4) is 0 Å². The van der Waals surface area contributed by atoms with Crippen LogP contribution in [0.1, 0.15) is 43.7 Å². The zero-order valence-corrected chi connectivity index (χ0v) is 16.0. The van der Waals surface area contributed by atoms with Crippen molar-refractivity contribution in [2.75, 3.05) is 0 Å². The van der Waals surface area contributed by atoms with E-state index in [4.69, 9.17) is 4.74 Å². The normalized spacial score (nSPS) is 13.2. The molecule has 1 aromatic heterocycles. The molecule has 0 aliphatic carbocycles. The van der Waals surface area contributed by atoms with Crippen molar-refractivity contribution in [1.82, 2.24) is 10.3 Å². The van der Waals surface area contributed by atoms with E-state index in [9.17, 15) is 18.0 Å². The number of pyridine rings is 1. The molecule has 1 heterocycles. The highest BCUT2D eigenvalue weighted by Crippen LogP contribution is 2.33. The summed E-state index contributed by atoms with van der Waals surface area (Å²) in [5, 5.41) is 2.66. The lowest BCUT2D eigenvalue weighted by Crippen LogP contribution is -2.41. The SMILES string of the molecule is CC(C)(C)NC(=O)O[C@@H](c1ccc(C(F)(F)F)cc1)c1ncccc1Br. The van der Waals surface area contributed by atoms with Crippen molar-refractivity contribution in [2.24, 2.45) is 0 Å². The second-order valence-corrected chi connectivity index (χ2v) is 7.50. The summed E-state index contributed by atoms with van der Waals surface area (Å²) >= 11 is 3.34. The van der Waals surface area contributed by atoms with Gasteiger partial charge in [0.15, 0.2) is 6.10 Å². The molecule has 2 aromatic rings. The smallest absolute Gasteiger partial charge is 0.416 e. The van der Waals surface area contributed by atoms with Crippen LogP contribution in [0.2, 0.25) is 0 Å². The number of hydrogen-bond donors (Lipinski definition) is 1. The molecule has 1 atom stereocenters. The van der Waals surface area contributed by atoms with Crippen LogP contribution in [0, 0.1) is 0 Å². The number of halogens is 4. The van der Waals surface area contributed by atoms with Crippen LogP contribution in [0.3, 0.4) is 0 Å². The van der Waals surface area contributed by atoms with Gasteiger partial charge in [0.2, 0.25) is 0 Å². The van der Waals surface area contributed by atoms with Crippen LogP contribution < -0.4 is 5.32 Å². The van der Waals surface area contributed by atoms with E-state index in [0.29, 0.717) is 15.7 Å². The Morgan fingerprint density at radius 3 is 2.27 bits per heavy atom. The van der Waals surface area contributed by atoms with Gasteiger partial charge >= 0.3 is 12.3 Å². The van der Waals surface area contributed by atoms with Crippen molar-refractivity contribution in [2.45, 2.75) is 38.6 Å². The molecule has 2 rings (SSSR count). The molecule has 26 heavy (non-hydrogen) atoms. The Morgan fingerprint density at radius 2 is 1.77 bits per heavy atom. The Morgan fingerprint density at radius 1 is 1.15 bits per heavy atom. The molecule has 140 valence electrons. The monoisotopic (exact) mass is 430 g/mol. The summed E-state index contributed by atoms with van der Waals surface area (Å²) in [6.07, 6.45) is -4.58. The van der Waals surface area contributed by atoms with Gasteiger partial charge in [0.1, 0.15) is 0 Å². The van der Waals surface area contributed by atoms with Crippen LogP contribution in [0.5, 0.6) is 0 Å². The number of carbonyl (C=O) groups is 1. The lowest BCUT2D eigenvalue weighted by Gasteiger charge is -2.24. The number of alkyl halides is 3. The van der Waals surface area contributed by atoms with Crippen LogP contribution in [-0.4, -0.2) is 16.6 Å². The summed E-state index contributed by atoms with van der Waals surface area (Å²) in [5.74, 6) is 0. The van der Waals surface area contributed by atoms with Gasteiger partial charge in [-0.2, -0.15) is 13.2 Å². The van der Waals surface area contributed by atoms with E-state index in [1.54, 1.807) is 32.9 Å². The Labute approximate surface area is 157 Å². The average Bonchev–Trinajstić information content (AvgIpc) is 2.51. The summed E-state index contributed by atoms with van der Waals surface area (Å²) < 4.78 is 44.4. The first-order valence-corrected chi connectivity index (χ1v) is 8.53. The molecule has 1 amide bonds. The average molecular weight is 431 g/mol. The highest BCUT2D eigenvalue weighted by Gasteiger charge is 2.31. The molecule has 1 N–H and O–H groups in total. The Balaban J connectivity index is 2.38. The van der Waals surface area contributed by atoms with Gasteiger partial charge in [-0.25, -0.2) is 4.79 Å². The second kappa shape index (κ2) is 7.65. The highest BCUT2D eigenvalue weighted by atomic mass is 79.9. The van der Waals surface area contributed by atoms with Gasteiger partial charge in [-0.15, -0.1) is 0 Å². The van der Waals surface area contributed by atoms with Crippen LogP contribution >= 0.6 is 15.9 Å². The first-order valence-electron chi connectivity index (χ1n) is 7.74. The van der Waals surface area contributed by atoms with Crippen LogP contribution in [-0.2, 0) is 10.9 Å². The van der Waals surface area contributed by atoms with E-state index < -0.39 is 29.5 Å². The molecule has 0 aliphatic rings. The zero-order valence-electron chi connectivity index (χ0n) is 14.4. The predicted molar refractivity (Wildman–Crippen MR) is 94.6 cm³/mol. The molecule has 8 heteroatoms. The molecular formula is C18H18BrF3N2O2. The van der Waals surface area contributed by atoms with Gasteiger partial charge in [0.05, 0.1) is 11.3 Å². The number of aromatic nitrogens is 1. The largest absolute Gasteiger partial charge is 0.435 e. The summed E-state index contributed by atoms with van der Waals surface area (Å²) in [7, 11) is 0. The first-order chi connectivity index (χ1) is 12.0. The topological polar surface area (TPSA) is 51.2 Å². The minimum absolute atomic E-state index is 0.376. The maximum absolute atomic E-state index is 12.8. The number of nitrogens with one attached hydrogen (secondary N) is 1. The van der Waals surface area contributed by atoms with E-state index >= 15 is 0 Å². The lowest BCUT2D eigenvalue weighted by molar-refractivity contribution is -0.137. The number of hydrogen-bond acceptors (Lipinski definition) is 3. The third-order valence-corrected chi connectivity index (χ3v) is 3.95. The van der Waals surface area contributed by atoms with Crippen molar-refractivity contribution in [3.63, 3.8) is 0 Å². The Bertz CT molecular complexity index is 771. The molecule has 1 aromatic carbocycles. The van der Waals surface area contributed by atoms with Gasteiger partial charge in [-0.05, 0) is 66.5 Å². The number of alkyl carbamates (subject to hydrolysis) is 1. The van der Waals surface area contributed by atoms with Crippen molar-refractivity contribution in [1.29, 1.82) is 0 Å². The minimum Gasteiger partial charge on any atom is -0.435 e. The maximum Gasteiger partial charge on any atom is 0.416 e. The molecule has 0 saturated heterocycles. The van der Waals surface area contributed by atoms with Crippen LogP contribution in [0.25, 0.3) is 0 Å². The highest BCUT2D eigenvalue weighted by molar-refractivity contribution is 9.10. The van der Waals surface area contributed by atoms with Crippen LogP contribution in [0.4, 0.5) is 18.0 Å². The summed E-state index contributed by atoms with van der Waals surface area (Å²) in [6, 6.07) is 7.85. The van der Waals surface area contributed by atoms with Gasteiger partial charge < -0.3 is 10.1 Å². The molecule has 0 bridgehead atoms. The number of amides is 1. The number of ether oxygens (including phenoxy) is 1. The van der Waals surface area contributed by atoms with Crippen molar-refractivity contribution < 1.29 is 22.7 Å². The fraction of sp³-hybridized carbons (Fsp3) is 0.333. The molecule has 0 aliphatic heterocycles. The number of carbonyl (C=O) groups excluding carboxylic acids is 1. The van der Waals surface area contributed by atoms with E-state index in [1.807, 2.05) is 0 Å². The summed E-state index contributed by atoms with van der Waals surface area (Å²) in [6.45, 7) is 5.37. The molecule has 0 saturated carbocycles. The quantitative estimate of drug-likeness (QED) is 0.701. The Hall–Kier alpha value is -2.09. The van der Waals surface area contributed by atoms with E-state index in [2.05, 4.69) is 26.2 Å². The molecule has 0 unspecified atom stereocenters. The fourth-order valence-corrected chi connectivity index (χ4v) is 2.63.